The highest BCUT2D eigenvalue weighted by atomic mass is 19.1. The van der Waals surface area contributed by atoms with Gasteiger partial charge in [-0.05, 0) is 35.7 Å². The summed E-state index contributed by atoms with van der Waals surface area (Å²) in [5.74, 6) is -0.0920. The molecule has 128 valence electrons. The molecule has 0 N–H and O–H groups in total. The Labute approximate surface area is 145 Å². The molecule has 0 aliphatic rings. The van der Waals surface area contributed by atoms with Crippen LogP contribution >= 0.6 is 0 Å². The maximum atomic E-state index is 12.9. The highest BCUT2D eigenvalue weighted by molar-refractivity contribution is 5.90. The van der Waals surface area contributed by atoms with Gasteiger partial charge in [0.25, 0.3) is 0 Å². The Bertz CT molecular complexity index is 858. The summed E-state index contributed by atoms with van der Waals surface area (Å²) in [6.45, 7) is 4.03. The zero-order valence-electron chi connectivity index (χ0n) is 14.0. The summed E-state index contributed by atoms with van der Waals surface area (Å²) in [6.07, 6.45) is 3.17. The van der Waals surface area contributed by atoms with Crippen LogP contribution in [0.4, 0.5) is 4.39 Å². The van der Waals surface area contributed by atoms with Gasteiger partial charge in [0.15, 0.2) is 5.82 Å². The van der Waals surface area contributed by atoms with Crippen molar-refractivity contribution in [1.29, 1.82) is 0 Å². The molecule has 6 heteroatoms. The van der Waals surface area contributed by atoms with Gasteiger partial charge in [0.2, 0.25) is 0 Å². The van der Waals surface area contributed by atoms with Crippen LogP contribution in [0.3, 0.4) is 0 Å². The van der Waals surface area contributed by atoms with Gasteiger partial charge in [-0.25, -0.2) is 18.9 Å². The first-order chi connectivity index (χ1) is 12.1. The van der Waals surface area contributed by atoms with Crippen LogP contribution in [0.5, 0.6) is 0 Å². The first-order valence-corrected chi connectivity index (χ1v) is 7.97. The molecule has 0 saturated carbocycles. The fraction of sp³-hybridized carbons (Fsp3) is 0.211. The molecule has 3 rings (SSSR count). The average Bonchev–Trinajstić information content (AvgIpc) is 3.07. The van der Waals surface area contributed by atoms with Crippen molar-refractivity contribution in [3.05, 3.63) is 77.5 Å². The molecule has 2 aromatic heterocycles. The van der Waals surface area contributed by atoms with Gasteiger partial charge in [-0.1, -0.05) is 32.0 Å². The monoisotopic (exact) mass is 339 g/mol. The number of ether oxygens (including phenoxy) is 1. The molecular weight excluding hydrogens is 321 g/mol. The van der Waals surface area contributed by atoms with Crippen LogP contribution in [0.2, 0.25) is 0 Å². The zero-order valence-corrected chi connectivity index (χ0v) is 14.0. The Morgan fingerprint density at radius 1 is 1.20 bits per heavy atom. The quantitative estimate of drug-likeness (QED) is 0.662. The first kappa shape index (κ1) is 16.8. The van der Waals surface area contributed by atoms with Gasteiger partial charge in [-0.2, -0.15) is 5.10 Å². The van der Waals surface area contributed by atoms with Crippen molar-refractivity contribution in [2.45, 2.75) is 26.4 Å². The third kappa shape index (κ3) is 3.74. The molecule has 0 spiro atoms. The lowest BCUT2D eigenvalue weighted by Crippen LogP contribution is -2.11. The third-order valence-electron chi connectivity index (χ3n) is 3.72. The molecule has 1 aromatic carbocycles. The lowest BCUT2D eigenvalue weighted by atomic mass is 10.1. The van der Waals surface area contributed by atoms with Crippen molar-refractivity contribution in [1.82, 2.24) is 14.8 Å². The number of halogens is 1. The van der Waals surface area contributed by atoms with E-state index in [1.807, 2.05) is 32.0 Å². The van der Waals surface area contributed by atoms with Crippen molar-refractivity contribution in [2.75, 3.05) is 0 Å². The third-order valence-corrected chi connectivity index (χ3v) is 3.72. The molecular formula is C19H18FN3O2. The molecule has 0 fully saturated rings. The molecule has 3 aromatic rings. The van der Waals surface area contributed by atoms with E-state index in [4.69, 9.17) is 4.74 Å². The van der Waals surface area contributed by atoms with Gasteiger partial charge < -0.3 is 4.74 Å². The topological polar surface area (TPSA) is 57.0 Å². The molecule has 0 amide bonds. The van der Waals surface area contributed by atoms with Crippen molar-refractivity contribution in [3.63, 3.8) is 0 Å². The second-order valence-corrected chi connectivity index (χ2v) is 5.90. The second kappa shape index (κ2) is 7.25. The summed E-state index contributed by atoms with van der Waals surface area (Å²) < 4.78 is 19.9. The van der Waals surface area contributed by atoms with Crippen LogP contribution < -0.4 is 0 Å². The van der Waals surface area contributed by atoms with E-state index >= 15 is 0 Å². The van der Waals surface area contributed by atoms with Crippen molar-refractivity contribution in [3.8, 4) is 5.82 Å². The van der Waals surface area contributed by atoms with Crippen LogP contribution in [-0.4, -0.2) is 20.7 Å². The van der Waals surface area contributed by atoms with E-state index in [0.717, 1.165) is 11.3 Å². The van der Waals surface area contributed by atoms with E-state index < -0.39 is 5.97 Å². The number of nitrogens with zero attached hydrogens (tertiary/aromatic N) is 3. The van der Waals surface area contributed by atoms with Gasteiger partial charge in [0.05, 0.1) is 11.9 Å². The predicted molar refractivity (Wildman–Crippen MR) is 91.0 cm³/mol. The minimum Gasteiger partial charge on any atom is -0.457 e. The van der Waals surface area contributed by atoms with E-state index in [0.29, 0.717) is 11.4 Å². The summed E-state index contributed by atoms with van der Waals surface area (Å²) in [5, 5.41) is 4.30. The Kier molecular flexibility index (Phi) is 4.88. The minimum atomic E-state index is -0.463. The number of esters is 1. The fourth-order valence-electron chi connectivity index (χ4n) is 2.54. The molecule has 0 atom stereocenters. The number of hydrogen-bond acceptors (Lipinski definition) is 4. The van der Waals surface area contributed by atoms with Gasteiger partial charge in [0.1, 0.15) is 18.0 Å². The normalized spacial score (nSPS) is 10.9. The lowest BCUT2D eigenvalue weighted by Gasteiger charge is -2.12. The number of aromatic nitrogens is 3. The van der Waals surface area contributed by atoms with Crippen LogP contribution in [0.1, 0.15) is 41.4 Å². The largest absolute Gasteiger partial charge is 0.457 e. The Balaban J connectivity index is 1.83. The highest BCUT2D eigenvalue weighted by Gasteiger charge is 2.22. The number of carbonyl (C=O) groups excluding carboxylic acids is 1. The van der Waals surface area contributed by atoms with Crippen LogP contribution in [-0.2, 0) is 11.3 Å². The molecule has 0 bridgehead atoms. The molecule has 0 saturated heterocycles. The summed E-state index contributed by atoms with van der Waals surface area (Å²) in [7, 11) is 0. The maximum absolute atomic E-state index is 12.9. The van der Waals surface area contributed by atoms with Gasteiger partial charge >= 0.3 is 5.97 Å². The number of pyridine rings is 1. The Morgan fingerprint density at radius 3 is 2.60 bits per heavy atom. The van der Waals surface area contributed by atoms with Crippen molar-refractivity contribution < 1.29 is 13.9 Å². The van der Waals surface area contributed by atoms with Gasteiger partial charge in [-0.3, -0.25) is 0 Å². The van der Waals surface area contributed by atoms with E-state index in [9.17, 15) is 9.18 Å². The Hall–Kier alpha value is -3.02. The molecule has 2 heterocycles. The standard InChI is InChI=1S/C19H18FN3O2/c1-13(2)18-16(11-22-23(18)17-5-3-4-10-21-17)19(24)25-12-14-6-8-15(20)9-7-14/h3-11,13H,12H2,1-2H3. The number of benzene rings is 1. The SMILES string of the molecule is CC(C)c1c(C(=O)OCc2ccc(F)cc2)cnn1-c1ccccn1. The smallest absolute Gasteiger partial charge is 0.341 e. The molecule has 0 aliphatic heterocycles. The fourth-order valence-corrected chi connectivity index (χ4v) is 2.54. The number of carbonyl (C=O) groups is 1. The molecule has 25 heavy (non-hydrogen) atoms. The molecule has 5 nitrogen and oxygen atoms in total. The summed E-state index contributed by atoms with van der Waals surface area (Å²) in [6, 6.07) is 11.4. The number of hydrogen-bond donors (Lipinski definition) is 0. The van der Waals surface area contributed by atoms with E-state index in [-0.39, 0.29) is 18.3 Å². The zero-order chi connectivity index (χ0) is 17.8. The minimum absolute atomic E-state index is 0.0536. The van der Waals surface area contributed by atoms with E-state index in [1.54, 1.807) is 23.0 Å². The summed E-state index contributed by atoms with van der Waals surface area (Å²) >= 11 is 0. The van der Waals surface area contributed by atoms with Crippen LogP contribution in [0, 0.1) is 5.82 Å². The van der Waals surface area contributed by atoms with Crippen molar-refractivity contribution >= 4 is 5.97 Å². The van der Waals surface area contributed by atoms with Gasteiger partial charge in [-0.15, -0.1) is 0 Å². The van der Waals surface area contributed by atoms with Crippen molar-refractivity contribution in [2.24, 2.45) is 0 Å². The molecule has 0 unspecified atom stereocenters. The summed E-state index contributed by atoms with van der Waals surface area (Å²) in [4.78, 5) is 16.8. The maximum Gasteiger partial charge on any atom is 0.341 e. The highest BCUT2D eigenvalue weighted by Crippen LogP contribution is 2.23. The van der Waals surface area contributed by atoms with Crippen LogP contribution in [0.25, 0.3) is 5.82 Å². The second-order valence-electron chi connectivity index (χ2n) is 5.90. The van der Waals surface area contributed by atoms with Crippen LogP contribution in [0.15, 0.2) is 54.9 Å². The van der Waals surface area contributed by atoms with Gasteiger partial charge in [0, 0.05) is 6.20 Å². The molecule has 0 aliphatic carbocycles. The molecule has 0 radical (unpaired) electrons. The van der Waals surface area contributed by atoms with E-state index in [2.05, 4.69) is 10.1 Å². The Morgan fingerprint density at radius 2 is 1.96 bits per heavy atom. The first-order valence-electron chi connectivity index (χ1n) is 7.97. The summed E-state index contributed by atoms with van der Waals surface area (Å²) in [5.41, 5.74) is 1.86. The predicted octanol–water partition coefficient (Wildman–Crippen LogP) is 3.89. The number of rotatable bonds is 5. The lowest BCUT2D eigenvalue weighted by molar-refractivity contribution is 0.0471. The van der Waals surface area contributed by atoms with E-state index in [1.165, 1.54) is 18.3 Å². The average molecular weight is 339 g/mol.